The van der Waals surface area contributed by atoms with E-state index in [0.29, 0.717) is 19.3 Å². The molecule has 0 bridgehead atoms. The summed E-state index contributed by atoms with van der Waals surface area (Å²) in [6.45, 7) is 6.29. The van der Waals surface area contributed by atoms with Gasteiger partial charge < -0.3 is 14.2 Å². The van der Waals surface area contributed by atoms with E-state index in [2.05, 4.69) is 106 Å². The molecule has 0 aromatic heterocycles. The Morgan fingerprint density at radius 1 is 0.339 bits per heavy atom. The molecule has 0 amide bonds. The topological polar surface area (TPSA) is 78.9 Å². The van der Waals surface area contributed by atoms with Gasteiger partial charge in [0.1, 0.15) is 13.2 Å². The van der Waals surface area contributed by atoms with Crippen LogP contribution in [0.1, 0.15) is 220 Å². The van der Waals surface area contributed by atoms with Gasteiger partial charge in [-0.1, -0.05) is 221 Å². The van der Waals surface area contributed by atoms with Gasteiger partial charge in [0, 0.05) is 19.3 Å². The molecule has 62 heavy (non-hydrogen) atoms. The first-order chi connectivity index (χ1) is 30.5. The Morgan fingerprint density at radius 2 is 0.661 bits per heavy atom. The Morgan fingerprint density at radius 3 is 1.05 bits per heavy atom. The number of rotatable bonds is 44. The maximum Gasteiger partial charge on any atom is 0.306 e. The minimum atomic E-state index is -0.835. The molecule has 0 saturated carbocycles. The predicted molar refractivity (Wildman–Crippen MR) is 265 cm³/mol. The van der Waals surface area contributed by atoms with E-state index in [1.165, 1.54) is 89.9 Å². The van der Waals surface area contributed by atoms with Crippen LogP contribution >= 0.6 is 0 Å². The summed E-state index contributed by atoms with van der Waals surface area (Å²) in [7, 11) is 0. The number of esters is 3. The van der Waals surface area contributed by atoms with Crippen molar-refractivity contribution in [1.29, 1.82) is 0 Å². The van der Waals surface area contributed by atoms with Crippen LogP contribution in [0.3, 0.4) is 0 Å². The van der Waals surface area contributed by atoms with Crippen molar-refractivity contribution in [2.24, 2.45) is 0 Å². The minimum Gasteiger partial charge on any atom is -0.462 e. The molecule has 352 valence electrons. The van der Waals surface area contributed by atoms with Gasteiger partial charge in [0.25, 0.3) is 0 Å². The fourth-order valence-electron chi connectivity index (χ4n) is 6.63. The third kappa shape index (κ3) is 47.4. The van der Waals surface area contributed by atoms with Gasteiger partial charge in [-0.05, 0) is 77.0 Å². The van der Waals surface area contributed by atoms with Gasteiger partial charge in [-0.2, -0.15) is 0 Å². The van der Waals surface area contributed by atoms with E-state index in [9.17, 15) is 14.4 Å². The average Bonchev–Trinajstić information content (AvgIpc) is 3.27. The Bertz CT molecular complexity index is 1260. The van der Waals surface area contributed by atoms with E-state index < -0.39 is 12.1 Å². The summed E-state index contributed by atoms with van der Waals surface area (Å²) in [6.07, 6.45) is 65.6. The van der Waals surface area contributed by atoms with Crippen molar-refractivity contribution >= 4 is 17.9 Å². The average molecular weight is 861 g/mol. The van der Waals surface area contributed by atoms with Crippen LogP contribution in [0.25, 0.3) is 0 Å². The van der Waals surface area contributed by atoms with Crippen LogP contribution in [0, 0.1) is 0 Å². The minimum absolute atomic E-state index is 0.122. The lowest BCUT2D eigenvalue weighted by Gasteiger charge is -2.18. The second kappa shape index (κ2) is 50.0. The summed E-state index contributed by atoms with van der Waals surface area (Å²) in [4.78, 5) is 37.8. The van der Waals surface area contributed by atoms with E-state index in [1.54, 1.807) is 0 Å². The first kappa shape index (κ1) is 58.3. The predicted octanol–water partition coefficient (Wildman–Crippen LogP) is 16.6. The Kier molecular flexibility index (Phi) is 47.0. The van der Waals surface area contributed by atoms with Crippen LogP contribution in [-0.4, -0.2) is 37.2 Å². The third-order valence-electron chi connectivity index (χ3n) is 10.3. The molecule has 0 fully saturated rings. The molecule has 0 rings (SSSR count). The standard InChI is InChI=1S/C56H92O6/c1-4-7-10-13-16-19-22-24-26-28-30-31-34-37-40-43-46-49-55(58)61-52-53(51-60-54(57)48-45-42-39-36-33-21-18-15-12-9-6-3)62-56(59)50-47-44-41-38-35-32-29-27-25-23-20-17-14-11-8-5-2/h8-9,11-12,17-18,20-21,25,27,32,35-36,39,41,44,53H,4-7,10,13-16,19,22-24,26,28-31,33-34,37-38,40,42-43,45-52H2,1-3H3/b11-8-,12-9-,20-17-,21-18-,27-25-,35-32-,39-36-,44-41-. The molecular formula is C56H92O6. The van der Waals surface area contributed by atoms with Gasteiger partial charge in [-0.15, -0.1) is 0 Å². The van der Waals surface area contributed by atoms with Crippen LogP contribution in [0.15, 0.2) is 97.2 Å². The highest BCUT2D eigenvalue weighted by molar-refractivity contribution is 5.71. The summed E-state index contributed by atoms with van der Waals surface area (Å²) >= 11 is 0. The molecule has 1 atom stereocenters. The SMILES string of the molecule is CC/C=C\C/C=C\C/C=C\C/C=C\C/C=C\CCC(=O)OC(COC(=O)CCC/C=C\C/C=C\C/C=C\CC)COC(=O)CCCCCCCCCCCCCCCCCCC. The molecule has 0 radical (unpaired) electrons. The van der Waals surface area contributed by atoms with Gasteiger partial charge >= 0.3 is 17.9 Å². The van der Waals surface area contributed by atoms with Crippen molar-refractivity contribution in [3.05, 3.63) is 97.2 Å². The van der Waals surface area contributed by atoms with E-state index in [0.717, 1.165) is 77.0 Å². The van der Waals surface area contributed by atoms with E-state index in [4.69, 9.17) is 14.2 Å². The number of hydrogen-bond donors (Lipinski definition) is 0. The van der Waals surface area contributed by atoms with Crippen LogP contribution in [0.4, 0.5) is 0 Å². The molecule has 0 aliphatic carbocycles. The molecule has 0 heterocycles. The van der Waals surface area contributed by atoms with Gasteiger partial charge in [0.15, 0.2) is 6.10 Å². The Balaban J connectivity index is 4.50. The van der Waals surface area contributed by atoms with E-state index >= 15 is 0 Å². The number of carbonyl (C=O) groups excluding carboxylic acids is 3. The fraction of sp³-hybridized carbons (Fsp3) is 0.661. The monoisotopic (exact) mass is 861 g/mol. The lowest BCUT2D eigenvalue weighted by molar-refractivity contribution is -0.166. The first-order valence-corrected chi connectivity index (χ1v) is 25.2. The smallest absolute Gasteiger partial charge is 0.306 e. The molecule has 0 aromatic carbocycles. The van der Waals surface area contributed by atoms with Crippen molar-refractivity contribution in [1.82, 2.24) is 0 Å². The van der Waals surface area contributed by atoms with Crippen molar-refractivity contribution in [3.63, 3.8) is 0 Å². The number of allylic oxidation sites excluding steroid dienone is 16. The molecule has 0 aliphatic rings. The molecule has 0 aliphatic heterocycles. The van der Waals surface area contributed by atoms with Gasteiger partial charge in [0.05, 0.1) is 0 Å². The zero-order valence-electron chi connectivity index (χ0n) is 40.1. The molecule has 0 spiro atoms. The largest absolute Gasteiger partial charge is 0.462 e. The van der Waals surface area contributed by atoms with Gasteiger partial charge in [-0.25, -0.2) is 0 Å². The summed E-state index contributed by atoms with van der Waals surface area (Å²) in [5, 5.41) is 0. The molecule has 0 saturated heterocycles. The van der Waals surface area contributed by atoms with Crippen molar-refractivity contribution in [2.75, 3.05) is 13.2 Å². The van der Waals surface area contributed by atoms with E-state index in [1.807, 2.05) is 12.2 Å². The highest BCUT2D eigenvalue weighted by Gasteiger charge is 2.19. The lowest BCUT2D eigenvalue weighted by Crippen LogP contribution is -2.30. The van der Waals surface area contributed by atoms with Crippen LogP contribution < -0.4 is 0 Å². The van der Waals surface area contributed by atoms with Gasteiger partial charge in [0.2, 0.25) is 0 Å². The number of ether oxygens (including phenoxy) is 3. The van der Waals surface area contributed by atoms with Crippen LogP contribution in [0.5, 0.6) is 0 Å². The highest BCUT2D eigenvalue weighted by atomic mass is 16.6. The molecule has 1 unspecified atom stereocenters. The van der Waals surface area contributed by atoms with Crippen LogP contribution in [-0.2, 0) is 28.6 Å². The first-order valence-electron chi connectivity index (χ1n) is 25.2. The second-order valence-corrected chi connectivity index (χ2v) is 16.3. The Labute approximate surface area is 381 Å². The summed E-state index contributed by atoms with van der Waals surface area (Å²) in [6, 6.07) is 0. The van der Waals surface area contributed by atoms with Gasteiger partial charge in [-0.3, -0.25) is 14.4 Å². The lowest BCUT2D eigenvalue weighted by atomic mass is 10.0. The summed E-state index contributed by atoms with van der Waals surface area (Å²) in [5.74, 6) is -1.07. The maximum atomic E-state index is 12.7. The zero-order valence-corrected chi connectivity index (χ0v) is 40.1. The molecule has 0 N–H and O–H groups in total. The number of unbranched alkanes of at least 4 members (excludes halogenated alkanes) is 17. The molecule has 6 nitrogen and oxygen atoms in total. The molecule has 6 heteroatoms. The van der Waals surface area contributed by atoms with Crippen molar-refractivity contribution in [3.8, 4) is 0 Å². The fourth-order valence-corrected chi connectivity index (χ4v) is 6.63. The summed E-state index contributed by atoms with van der Waals surface area (Å²) in [5.41, 5.74) is 0. The number of hydrogen-bond acceptors (Lipinski definition) is 6. The zero-order chi connectivity index (χ0) is 45.1. The summed E-state index contributed by atoms with van der Waals surface area (Å²) < 4.78 is 16.6. The maximum absolute atomic E-state index is 12.7. The Hall–Kier alpha value is -3.67. The third-order valence-corrected chi connectivity index (χ3v) is 10.3. The molecule has 0 aromatic rings. The normalized spacial score (nSPS) is 12.9. The quantitative estimate of drug-likeness (QED) is 0.0263. The highest BCUT2D eigenvalue weighted by Crippen LogP contribution is 2.15. The van der Waals surface area contributed by atoms with E-state index in [-0.39, 0.29) is 38.0 Å². The second-order valence-electron chi connectivity index (χ2n) is 16.3. The van der Waals surface area contributed by atoms with Crippen molar-refractivity contribution < 1.29 is 28.6 Å². The number of carbonyl (C=O) groups is 3. The van der Waals surface area contributed by atoms with Crippen molar-refractivity contribution in [2.45, 2.75) is 226 Å². The van der Waals surface area contributed by atoms with Crippen LogP contribution in [0.2, 0.25) is 0 Å². The molecular weight excluding hydrogens is 769 g/mol.